The van der Waals surface area contributed by atoms with Crippen LogP contribution in [0.1, 0.15) is 20.3 Å². The number of nitrogens with one attached hydrogen (secondary N) is 1. The zero-order valence-corrected chi connectivity index (χ0v) is 13.6. The van der Waals surface area contributed by atoms with Crippen molar-refractivity contribution < 1.29 is 0 Å². The van der Waals surface area contributed by atoms with Gasteiger partial charge in [-0.05, 0) is 29.7 Å². The molecule has 1 unspecified atom stereocenters. The van der Waals surface area contributed by atoms with Crippen LogP contribution in [0, 0.1) is 5.41 Å². The molecule has 1 aliphatic heterocycles. The van der Waals surface area contributed by atoms with E-state index in [1.165, 1.54) is 29.2 Å². The van der Waals surface area contributed by atoms with Crippen molar-refractivity contribution in [1.29, 1.82) is 0 Å². The first-order valence-corrected chi connectivity index (χ1v) is 9.00. The molecule has 3 rings (SSSR count). The smallest absolute Gasteiger partial charge is 0.123 e. The summed E-state index contributed by atoms with van der Waals surface area (Å²) < 4.78 is 0. The molecule has 1 N–H and O–H groups in total. The highest BCUT2D eigenvalue weighted by molar-refractivity contribution is 7.99. The summed E-state index contributed by atoms with van der Waals surface area (Å²) in [5, 5.41) is 6.81. The number of anilines is 1. The molecule has 1 aliphatic rings. The second-order valence-corrected chi connectivity index (χ2v) is 8.07. The average Bonchev–Trinajstić information content (AvgIpc) is 2.91. The number of nitrogens with zero attached hydrogens (tertiary/aromatic N) is 1. The fourth-order valence-corrected chi connectivity index (χ4v) is 4.61. The first kappa shape index (κ1) is 14.0. The van der Waals surface area contributed by atoms with Gasteiger partial charge in [-0.3, -0.25) is 0 Å². The van der Waals surface area contributed by atoms with E-state index in [4.69, 9.17) is 0 Å². The molecule has 1 saturated heterocycles. The Hall–Kier alpha value is -1.00. The van der Waals surface area contributed by atoms with Crippen LogP contribution in [0.4, 0.5) is 5.69 Å². The van der Waals surface area contributed by atoms with E-state index in [-0.39, 0.29) is 0 Å². The Bertz CT molecular complexity index is 564. The van der Waals surface area contributed by atoms with Crippen LogP contribution in [-0.4, -0.2) is 22.5 Å². The van der Waals surface area contributed by atoms with Crippen molar-refractivity contribution in [3.8, 4) is 10.6 Å². The highest BCUT2D eigenvalue weighted by Gasteiger charge is 2.28. The lowest BCUT2D eigenvalue weighted by Gasteiger charge is -2.35. The molecule has 1 atom stereocenters. The number of hydrogen-bond acceptors (Lipinski definition) is 4. The number of thiazole rings is 1. The van der Waals surface area contributed by atoms with Crippen LogP contribution < -0.4 is 5.32 Å². The molecule has 2 aromatic rings. The topological polar surface area (TPSA) is 24.9 Å². The van der Waals surface area contributed by atoms with Gasteiger partial charge < -0.3 is 5.32 Å². The molecule has 0 radical (unpaired) electrons. The Balaban J connectivity index is 1.73. The van der Waals surface area contributed by atoms with Crippen LogP contribution in [0.15, 0.2) is 35.8 Å². The van der Waals surface area contributed by atoms with Crippen LogP contribution in [0.25, 0.3) is 10.6 Å². The fraction of sp³-hybridized carbons (Fsp3) is 0.438. The molecule has 2 heterocycles. The zero-order chi connectivity index (χ0) is 14.0. The van der Waals surface area contributed by atoms with Crippen molar-refractivity contribution in [2.24, 2.45) is 5.41 Å². The minimum absolute atomic E-state index is 0.438. The quantitative estimate of drug-likeness (QED) is 0.885. The largest absolute Gasteiger partial charge is 0.381 e. The lowest BCUT2D eigenvalue weighted by Crippen LogP contribution is -2.35. The highest BCUT2D eigenvalue weighted by Crippen LogP contribution is 2.35. The molecule has 1 aromatic carbocycles. The van der Waals surface area contributed by atoms with Crippen molar-refractivity contribution in [2.45, 2.75) is 26.3 Å². The first-order chi connectivity index (χ1) is 9.62. The molecule has 20 heavy (non-hydrogen) atoms. The van der Waals surface area contributed by atoms with E-state index in [0.29, 0.717) is 11.5 Å². The molecule has 106 valence electrons. The predicted octanol–water partition coefficient (Wildman–Crippen LogP) is 4.75. The predicted molar refractivity (Wildman–Crippen MR) is 90.7 cm³/mol. The maximum Gasteiger partial charge on any atom is 0.123 e. The Morgan fingerprint density at radius 1 is 1.35 bits per heavy atom. The number of rotatable bonds is 3. The van der Waals surface area contributed by atoms with E-state index >= 15 is 0 Å². The van der Waals surface area contributed by atoms with Gasteiger partial charge in [0.25, 0.3) is 0 Å². The highest BCUT2D eigenvalue weighted by atomic mass is 32.2. The van der Waals surface area contributed by atoms with Crippen molar-refractivity contribution in [3.05, 3.63) is 35.8 Å². The molecular weight excluding hydrogens is 284 g/mol. The van der Waals surface area contributed by atoms with Crippen LogP contribution in [0.3, 0.4) is 0 Å². The molecule has 0 saturated carbocycles. The molecule has 4 heteroatoms. The van der Waals surface area contributed by atoms with E-state index in [1.54, 1.807) is 11.3 Å². The first-order valence-electron chi connectivity index (χ1n) is 6.97. The standard InChI is InChI=1S/C16H20N2S2/c1-16(2)9-14(10-19-11-16)18-13-5-3-4-12(8-13)15-17-6-7-20-15/h3-8,14,18H,9-11H2,1-2H3. The number of thioether (sulfide) groups is 1. The van der Waals surface area contributed by atoms with Gasteiger partial charge in [0.15, 0.2) is 0 Å². The third-order valence-electron chi connectivity index (χ3n) is 3.52. The fourth-order valence-electron chi connectivity index (χ4n) is 2.70. The molecule has 2 nitrogen and oxygen atoms in total. The average molecular weight is 304 g/mol. The maximum absolute atomic E-state index is 4.38. The molecule has 1 fully saturated rings. The summed E-state index contributed by atoms with van der Waals surface area (Å²) in [6.07, 6.45) is 3.10. The molecule has 0 bridgehead atoms. The van der Waals surface area contributed by atoms with Crippen molar-refractivity contribution >= 4 is 28.8 Å². The van der Waals surface area contributed by atoms with Crippen LogP contribution in [-0.2, 0) is 0 Å². The van der Waals surface area contributed by atoms with Gasteiger partial charge >= 0.3 is 0 Å². The summed E-state index contributed by atoms with van der Waals surface area (Å²) >= 11 is 3.75. The van der Waals surface area contributed by atoms with Gasteiger partial charge in [0.1, 0.15) is 5.01 Å². The van der Waals surface area contributed by atoms with Crippen molar-refractivity contribution in [1.82, 2.24) is 4.98 Å². The van der Waals surface area contributed by atoms with Gasteiger partial charge in [-0.25, -0.2) is 4.98 Å². The van der Waals surface area contributed by atoms with E-state index in [2.05, 4.69) is 60.2 Å². The summed E-state index contributed by atoms with van der Waals surface area (Å²) in [7, 11) is 0. The second-order valence-electron chi connectivity index (χ2n) is 6.14. The lowest BCUT2D eigenvalue weighted by molar-refractivity contribution is 0.358. The van der Waals surface area contributed by atoms with Crippen LogP contribution in [0.2, 0.25) is 0 Å². The normalized spacial score (nSPS) is 21.6. The molecule has 0 amide bonds. The number of benzene rings is 1. The maximum atomic E-state index is 4.38. The molecule has 1 aromatic heterocycles. The van der Waals surface area contributed by atoms with E-state index in [0.717, 1.165) is 5.01 Å². The zero-order valence-electron chi connectivity index (χ0n) is 11.9. The Morgan fingerprint density at radius 3 is 3.00 bits per heavy atom. The van der Waals surface area contributed by atoms with Crippen LogP contribution in [0.5, 0.6) is 0 Å². The van der Waals surface area contributed by atoms with E-state index in [1.807, 2.05) is 11.6 Å². The van der Waals surface area contributed by atoms with E-state index in [9.17, 15) is 0 Å². The Morgan fingerprint density at radius 2 is 2.25 bits per heavy atom. The van der Waals surface area contributed by atoms with Crippen molar-refractivity contribution in [2.75, 3.05) is 16.8 Å². The molecule has 0 spiro atoms. The minimum Gasteiger partial charge on any atom is -0.381 e. The lowest BCUT2D eigenvalue weighted by atomic mass is 9.88. The molecular formula is C16H20N2S2. The van der Waals surface area contributed by atoms with Gasteiger partial charge in [-0.2, -0.15) is 11.8 Å². The minimum atomic E-state index is 0.438. The number of aromatic nitrogens is 1. The summed E-state index contributed by atoms with van der Waals surface area (Å²) in [4.78, 5) is 4.38. The Kier molecular flexibility index (Phi) is 4.03. The SMILES string of the molecule is CC1(C)CSCC(Nc2cccc(-c3nccs3)c2)C1. The summed E-state index contributed by atoms with van der Waals surface area (Å²) in [6, 6.07) is 9.17. The third-order valence-corrected chi connectivity index (χ3v) is 5.97. The van der Waals surface area contributed by atoms with Gasteiger partial charge in [0, 0.05) is 34.6 Å². The summed E-state index contributed by atoms with van der Waals surface area (Å²) in [5.41, 5.74) is 2.85. The van der Waals surface area contributed by atoms with Crippen molar-refractivity contribution in [3.63, 3.8) is 0 Å². The Labute approximate surface area is 129 Å². The summed E-state index contributed by atoms with van der Waals surface area (Å²) in [5.74, 6) is 2.47. The second kappa shape index (κ2) is 5.78. The van der Waals surface area contributed by atoms with E-state index < -0.39 is 0 Å². The van der Waals surface area contributed by atoms with Crippen LogP contribution >= 0.6 is 23.1 Å². The van der Waals surface area contributed by atoms with Gasteiger partial charge in [0.05, 0.1) is 0 Å². The summed E-state index contributed by atoms with van der Waals surface area (Å²) in [6.45, 7) is 4.72. The van der Waals surface area contributed by atoms with Gasteiger partial charge in [0.2, 0.25) is 0 Å². The molecule has 0 aliphatic carbocycles. The number of hydrogen-bond donors (Lipinski definition) is 1. The van der Waals surface area contributed by atoms with Gasteiger partial charge in [-0.1, -0.05) is 26.0 Å². The third kappa shape index (κ3) is 3.36. The monoisotopic (exact) mass is 304 g/mol. The van der Waals surface area contributed by atoms with Gasteiger partial charge in [-0.15, -0.1) is 11.3 Å².